The zero-order valence-corrected chi connectivity index (χ0v) is 8.40. The zero-order valence-electron chi connectivity index (χ0n) is 8.40. The van der Waals surface area contributed by atoms with Gasteiger partial charge in [0.25, 0.3) is 0 Å². The maximum absolute atomic E-state index is 5.40. The van der Waals surface area contributed by atoms with E-state index in [-0.39, 0.29) is 0 Å². The summed E-state index contributed by atoms with van der Waals surface area (Å²) in [5.41, 5.74) is 6.47. The molecule has 13 heavy (non-hydrogen) atoms. The van der Waals surface area contributed by atoms with Gasteiger partial charge in [-0.25, -0.2) is 0 Å². The van der Waals surface area contributed by atoms with E-state index in [4.69, 9.17) is 5.73 Å². The summed E-state index contributed by atoms with van der Waals surface area (Å²) >= 11 is 0. The quantitative estimate of drug-likeness (QED) is 0.733. The van der Waals surface area contributed by atoms with E-state index in [9.17, 15) is 0 Å². The van der Waals surface area contributed by atoms with Crippen LogP contribution in [0.5, 0.6) is 0 Å². The van der Waals surface area contributed by atoms with Gasteiger partial charge in [-0.1, -0.05) is 19.1 Å². The molecule has 1 rings (SSSR count). The summed E-state index contributed by atoms with van der Waals surface area (Å²) in [6, 6.07) is 0. The number of hydrogen-bond acceptors (Lipinski definition) is 3. The van der Waals surface area contributed by atoms with Crippen LogP contribution >= 0.6 is 0 Å². The van der Waals surface area contributed by atoms with Crippen molar-refractivity contribution in [3.8, 4) is 0 Å². The summed E-state index contributed by atoms with van der Waals surface area (Å²) in [6.45, 7) is 5.80. The second kappa shape index (κ2) is 4.97. The lowest BCUT2D eigenvalue weighted by atomic mass is 10.1. The molecule has 0 unspecified atom stereocenters. The molecule has 0 aliphatic heterocycles. The minimum atomic E-state index is 0.618. The van der Waals surface area contributed by atoms with E-state index in [1.807, 2.05) is 6.20 Å². The van der Waals surface area contributed by atoms with Crippen LogP contribution in [-0.4, -0.2) is 21.5 Å². The van der Waals surface area contributed by atoms with Gasteiger partial charge in [0.2, 0.25) is 0 Å². The molecule has 0 fully saturated rings. The van der Waals surface area contributed by atoms with Gasteiger partial charge in [0, 0.05) is 12.7 Å². The second-order valence-electron chi connectivity index (χ2n) is 3.69. The molecule has 4 nitrogen and oxygen atoms in total. The van der Waals surface area contributed by atoms with Gasteiger partial charge in [0.15, 0.2) is 0 Å². The molecule has 0 atom stereocenters. The van der Waals surface area contributed by atoms with Crippen LogP contribution in [0.2, 0.25) is 0 Å². The van der Waals surface area contributed by atoms with E-state index >= 15 is 0 Å². The van der Waals surface area contributed by atoms with Crippen LogP contribution < -0.4 is 5.73 Å². The Morgan fingerprint density at radius 2 is 2.31 bits per heavy atom. The molecule has 74 valence electrons. The fourth-order valence-corrected chi connectivity index (χ4v) is 1.13. The largest absolute Gasteiger partial charge is 0.329 e. The highest BCUT2D eigenvalue weighted by Crippen LogP contribution is 2.05. The SMILES string of the molecule is CC(C)CCc1cn(CCN)nn1. The van der Waals surface area contributed by atoms with Crippen LogP contribution in [-0.2, 0) is 13.0 Å². The molecule has 1 aromatic heterocycles. The van der Waals surface area contributed by atoms with Crippen LogP contribution in [0.1, 0.15) is 26.0 Å². The van der Waals surface area contributed by atoms with Gasteiger partial charge < -0.3 is 5.73 Å². The molecule has 1 heterocycles. The van der Waals surface area contributed by atoms with E-state index in [1.165, 1.54) is 6.42 Å². The molecule has 2 N–H and O–H groups in total. The van der Waals surface area contributed by atoms with Crippen LogP contribution in [0.4, 0.5) is 0 Å². The molecule has 0 radical (unpaired) electrons. The topological polar surface area (TPSA) is 56.7 Å². The zero-order chi connectivity index (χ0) is 9.68. The smallest absolute Gasteiger partial charge is 0.0827 e. The third-order valence-corrected chi connectivity index (χ3v) is 1.92. The van der Waals surface area contributed by atoms with E-state index < -0.39 is 0 Å². The Bertz CT molecular complexity index is 242. The lowest BCUT2D eigenvalue weighted by Gasteiger charge is -1.99. The summed E-state index contributed by atoms with van der Waals surface area (Å²) in [6.07, 6.45) is 4.17. The van der Waals surface area contributed by atoms with Crippen molar-refractivity contribution in [2.24, 2.45) is 11.7 Å². The number of nitrogens with zero attached hydrogens (tertiary/aromatic N) is 3. The third kappa shape index (κ3) is 3.55. The first-order chi connectivity index (χ1) is 6.22. The first-order valence-corrected chi connectivity index (χ1v) is 4.81. The first-order valence-electron chi connectivity index (χ1n) is 4.81. The van der Waals surface area contributed by atoms with E-state index in [1.54, 1.807) is 4.68 Å². The summed E-state index contributed by atoms with van der Waals surface area (Å²) in [5, 5.41) is 8.03. The average molecular weight is 182 g/mol. The Hall–Kier alpha value is -0.900. The van der Waals surface area contributed by atoms with Gasteiger partial charge >= 0.3 is 0 Å². The van der Waals surface area contributed by atoms with Crippen molar-refractivity contribution in [2.45, 2.75) is 33.2 Å². The van der Waals surface area contributed by atoms with Crippen LogP contribution in [0.25, 0.3) is 0 Å². The summed E-state index contributed by atoms with van der Waals surface area (Å²) in [7, 11) is 0. The van der Waals surface area contributed by atoms with Crippen LogP contribution in [0, 0.1) is 5.92 Å². The molecule has 0 amide bonds. The predicted octanol–water partition coefficient (Wildman–Crippen LogP) is 0.825. The fraction of sp³-hybridized carbons (Fsp3) is 0.778. The Morgan fingerprint density at radius 3 is 2.92 bits per heavy atom. The van der Waals surface area contributed by atoms with Crippen molar-refractivity contribution in [3.05, 3.63) is 11.9 Å². The summed E-state index contributed by atoms with van der Waals surface area (Å²) in [5.74, 6) is 0.722. The minimum Gasteiger partial charge on any atom is -0.329 e. The van der Waals surface area contributed by atoms with Crippen molar-refractivity contribution in [1.29, 1.82) is 0 Å². The monoisotopic (exact) mass is 182 g/mol. The molecule has 0 aromatic carbocycles. The highest BCUT2D eigenvalue weighted by molar-refractivity contribution is 4.92. The van der Waals surface area contributed by atoms with E-state index in [0.29, 0.717) is 6.54 Å². The van der Waals surface area contributed by atoms with Gasteiger partial charge in [-0.3, -0.25) is 4.68 Å². The average Bonchev–Trinajstić information content (AvgIpc) is 2.50. The maximum Gasteiger partial charge on any atom is 0.0827 e. The molecule has 4 heteroatoms. The highest BCUT2D eigenvalue weighted by atomic mass is 15.4. The molecule has 0 aliphatic rings. The van der Waals surface area contributed by atoms with Crippen molar-refractivity contribution in [1.82, 2.24) is 15.0 Å². The van der Waals surface area contributed by atoms with Gasteiger partial charge in [0.1, 0.15) is 0 Å². The number of hydrogen-bond donors (Lipinski definition) is 1. The van der Waals surface area contributed by atoms with E-state index in [0.717, 1.165) is 24.6 Å². The Labute approximate surface area is 79.1 Å². The Balaban J connectivity index is 2.39. The predicted molar refractivity (Wildman–Crippen MR) is 52.2 cm³/mol. The van der Waals surface area contributed by atoms with Crippen molar-refractivity contribution in [3.63, 3.8) is 0 Å². The lowest BCUT2D eigenvalue weighted by Crippen LogP contribution is -2.10. The number of aryl methyl sites for hydroxylation is 1. The molecule has 1 aromatic rings. The van der Waals surface area contributed by atoms with Gasteiger partial charge in [0.05, 0.1) is 12.2 Å². The van der Waals surface area contributed by atoms with Crippen molar-refractivity contribution < 1.29 is 0 Å². The Kier molecular flexibility index (Phi) is 3.89. The number of nitrogens with two attached hydrogens (primary N) is 1. The van der Waals surface area contributed by atoms with Crippen molar-refractivity contribution >= 4 is 0 Å². The number of aromatic nitrogens is 3. The number of rotatable bonds is 5. The summed E-state index contributed by atoms with van der Waals surface area (Å²) < 4.78 is 1.80. The van der Waals surface area contributed by atoms with Gasteiger partial charge in [-0.15, -0.1) is 5.10 Å². The second-order valence-corrected chi connectivity index (χ2v) is 3.69. The molecular weight excluding hydrogens is 164 g/mol. The third-order valence-electron chi connectivity index (χ3n) is 1.92. The van der Waals surface area contributed by atoms with E-state index in [2.05, 4.69) is 24.2 Å². The highest BCUT2D eigenvalue weighted by Gasteiger charge is 2.01. The summed E-state index contributed by atoms with van der Waals surface area (Å²) in [4.78, 5) is 0. The first kappa shape index (κ1) is 10.2. The van der Waals surface area contributed by atoms with Gasteiger partial charge in [-0.05, 0) is 18.8 Å². The molecule has 0 saturated carbocycles. The Morgan fingerprint density at radius 1 is 1.54 bits per heavy atom. The molecule has 0 saturated heterocycles. The van der Waals surface area contributed by atoms with Crippen LogP contribution in [0.3, 0.4) is 0 Å². The van der Waals surface area contributed by atoms with Gasteiger partial charge in [-0.2, -0.15) is 0 Å². The minimum absolute atomic E-state index is 0.618. The molecular formula is C9H18N4. The lowest BCUT2D eigenvalue weighted by molar-refractivity contribution is 0.580. The normalized spacial score (nSPS) is 11.1. The molecule has 0 bridgehead atoms. The van der Waals surface area contributed by atoms with Crippen molar-refractivity contribution in [2.75, 3.05) is 6.54 Å². The van der Waals surface area contributed by atoms with Crippen LogP contribution in [0.15, 0.2) is 6.20 Å². The molecule has 0 aliphatic carbocycles. The molecule has 0 spiro atoms. The standard InChI is InChI=1S/C9H18N4/c1-8(2)3-4-9-7-13(6-5-10)12-11-9/h7-8H,3-6,10H2,1-2H3. The maximum atomic E-state index is 5.40. The fourth-order valence-electron chi connectivity index (χ4n) is 1.13.